The van der Waals surface area contributed by atoms with Crippen molar-refractivity contribution in [2.24, 2.45) is 0 Å². The second-order valence-corrected chi connectivity index (χ2v) is 4.51. The molecule has 3 N–H and O–H groups in total. The Morgan fingerprint density at radius 2 is 1.85 bits per heavy atom. The minimum atomic E-state index is -0.00164. The van der Waals surface area contributed by atoms with Crippen LogP contribution in [0.25, 0.3) is 11.4 Å². The van der Waals surface area contributed by atoms with Gasteiger partial charge in [0.1, 0.15) is 11.6 Å². The van der Waals surface area contributed by atoms with Crippen molar-refractivity contribution in [2.45, 2.75) is 19.4 Å². The van der Waals surface area contributed by atoms with E-state index in [-0.39, 0.29) is 12.6 Å². The number of rotatable bonds is 6. The first-order chi connectivity index (χ1) is 9.76. The maximum atomic E-state index is 9.28. The van der Waals surface area contributed by atoms with Gasteiger partial charge in [-0.25, -0.2) is 9.97 Å². The molecule has 0 spiro atoms. The van der Waals surface area contributed by atoms with Gasteiger partial charge in [-0.1, -0.05) is 37.3 Å². The maximum Gasteiger partial charge on any atom is 0.163 e. The zero-order valence-electron chi connectivity index (χ0n) is 11.8. The summed E-state index contributed by atoms with van der Waals surface area (Å²) in [6.07, 6.45) is 0.829. The number of aromatic nitrogens is 2. The Balaban J connectivity index is 2.34. The van der Waals surface area contributed by atoms with Gasteiger partial charge in [0.25, 0.3) is 0 Å². The Bertz CT molecular complexity index is 541. The molecule has 5 heteroatoms. The van der Waals surface area contributed by atoms with Gasteiger partial charge in [0, 0.05) is 18.7 Å². The Hall–Kier alpha value is -2.14. The fourth-order valence-corrected chi connectivity index (χ4v) is 1.85. The maximum absolute atomic E-state index is 9.28. The molecule has 1 aromatic heterocycles. The molecule has 0 aliphatic heterocycles. The highest BCUT2D eigenvalue weighted by Gasteiger charge is 2.09. The van der Waals surface area contributed by atoms with E-state index < -0.39 is 0 Å². The zero-order valence-corrected chi connectivity index (χ0v) is 11.8. The molecule has 1 unspecified atom stereocenters. The van der Waals surface area contributed by atoms with E-state index in [1.165, 1.54) is 0 Å². The fourth-order valence-electron chi connectivity index (χ4n) is 1.85. The van der Waals surface area contributed by atoms with E-state index in [9.17, 15) is 5.11 Å². The number of anilines is 2. The van der Waals surface area contributed by atoms with Crippen LogP contribution in [0.2, 0.25) is 0 Å². The van der Waals surface area contributed by atoms with Gasteiger partial charge >= 0.3 is 0 Å². The first-order valence-corrected chi connectivity index (χ1v) is 6.76. The quantitative estimate of drug-likeness (QED) is 0.753. The van der Waals surface area contributed by atoms with Gasteiger partial charge in [-0.15, -0.1) is 0 Å². The van der Waals surface area contributed by atoms with E-state index in [0.29, 0.717) is 11.6 Å². The molecule has 2 aromatic rings. The molecule has 0 radical (unpaired) electrons. The SMILES string of the molecule is CCC(CO)Nc1cc(NC)nc(-c2ccccc2)n1. The Morgan fingerprint density at radius 3 is 2.45 bits per heavy atom. The van der Waals surface area contributed by atoms with Gasteiger partial charge < -0.3 is 15.7 Å². The van der Waals surface area contributed by atoms with Crippen LogP contribution in [0.1, 0.15) is 13.3 Å². The molecular formula is C15H20N4O. The van der Waals surface area contributed by atoms with Crippen molar-refractivity contribution in [1.29, 1.82) is 0 Å². The number of benzene rings is 1. The van der Waals surface area contributed by atoms with Crippen LogP contribution in [-0.4, -0.2) is 34.8 Å². The number of aliphatic hydroxyl groups excluding tert-OH is 1. The second kappa shape index (κ2) is 6.86. The molecule has 0 amide bonds. The van der Waals surface area contributed by atoms with E-state index in [4.69, 9.17) is 0 Å². The molecule has 0 saturated carbocycles. The van der Waals surface area contributed by atoms with Crippen LogP contribution < -0.4 is 10.6 Å². The first-order valence-electron chi connectivity index (χ1n) is 6.76. The minimum absolute atomic E-state index is 0.00164. The van der Waals surface area contributed by atoms with Crippen LogP contribution in [0, 0.1) is 0 Å². The molecule has 0 bridgehead atoms. The van der Waals surface area contributed by atoms with Crippen LogP contribution in [0.3, 0.4) is 0 Å². The Kier molecular flexibility index (Phi) is 4.90. The van der Waals surface area contributed by atoms with Crippen molar-refractivity contribution in [2.75, 3.05) is 24.3 Å². The first kappa shape index (κ1) is 14.3. The van der Waals surface area contributed by atoms with E-state index in [1.54, 1.807) is 0 Å². The summed E-state index contributed by atoms with van der Waals surface area (Å²) in [6, 6.07) is 11.7. The Morgan fingerprint density at radius 1 is 1.15 bits per heavy atom. The molecule has 106 valence electrons. The summed E-state index contributed by atoms with van der Waals surface area (Å²) in [6.45, 7) is 2.10. The number of aliphatic hydroxyl groups is 1. The lowest BCUT2D eigenvalue weighted by Crippen LogP contribution is -2.23. The molecule has 20 heavy (non-hydrogen) atoms. The highest BCUT2D eigenvalue weighted by Crippen LogP contribution is 2.20. The van der Waals surface area contributed by atoms with Gasteiger partial charge in [0.2, 0.25) is 0 Å². The van der Waals surface area contributed by atoms with Crippen molar-refractivity contribution < 1.29 is 5.11 Å². The van der Waals surface area contributed by atoms with Crippen molar-refractivity contribution >= 4 is 11.6 Å². The molecule has 5 nitrogen and oxygen atoms in total. The van der Waals surface area contributed by atoms with Crippen molar-refractivity contribution in [3.8, 4) is 11.4 Å². The topological polar surface area (TPSA) is 70.1 Å². The van der Waals surface area contributed by atoms with E-state index in [1.807, 2.05) is 50.4 Å². The zero-order chi connectivity index (χ0) is 14.4. The summed E-state index contributed by atoms with van der Waals surface area (Å²) in [4.78, 5) is 8.97. The predicted molar refractivity (Wildman–Crippen MR) is 81.8 cm³/mol. The van der Waals surface area contributed by atoms with Gasteiger partial charge in [-0.05, 0) is 6.42 Å². The molecule has 0 saturated heterocycles. The summed E-state index contributed by atoms with van der Waals surface area (Å²) in [5.74, 6) is 2.12. The summed E-state index contributed by atoms with van der Waals surface area (Å²) < 4.78 is 0. The summed E-state index contributed by atoms with van der Waals surface area (Å²) in [5.41, 5.74) is 0.963. The third-order valence-corrected chi connectivity index (χ3v) is 3.08. The number of nitrogens with zero attached hydrogens (tertiary/aromatic N) is 2. The Labute approximate surface area is 119 Å². The van der Waals surface area contributed by atoms with E-state index >= 15 is 0 Å². The van der Waals surface area contributed by atoms with Crippen molar-refractivity contribution in [3.05, 3.63) is 36.4 Å². The second-order valence-electron chi connectivity index (χ2n) is 4.51. The largest absolute Gasteiger partial charge is 0.394 e. The number of hydrogen-bond donors (Lipinski definition) is 3. The van der Waals surface area contributed by atoms with Gasteiger partial charge in [0.15, 0.2) is 5.82 Å². The van der Waals surface area contributed by atoms with Gasteiger partial charge in [0.05, 0.1) is 12.6 Å². The monoisotopic (exact) mass is 272 g/mol. The highest BCUT2D eigenvalue weighted by molar-refractivity contribution is 5.61. The average Bonchev–Trinajstić information content (AvgIpc) is 2.53. The van der Waals surface area contributed by atoms with Crippen molar-refractivity contribution in [3.63, 3.8) is 0 Å². The standard InChI is InChI=1S/C15H20N4O/c1-3-12(10-20)17-14-9-13(16-2)18-15(19-14)11-7-5-4-6-8-11/h4-9,12,20H,3,10H2,1-2H3,(H2,16,17,18,19). The van der Waals surface area contributed by atoms with Crippen LogP contribution in [0.5, 0.6) is 0 Å². The smallest absolute Gasteiger partial charge is 0.163 e. The van der Waals surface area contributed by atoms with Gasteiger partial charge in [-0.3, -0.25) is 0 Å². The lowest BCUT2D eigenvalue weighted by Gasteiger charge is -2.16. The number of nitrogens with one attached hydrogen (secondary N) is 2. The van der Waals surface area contributed by atoms with E-state index in [0.717, 1.165) is 17.8 Å². The normalized spacial score (nSPS) is 11.9. The fraction of sp³-hybridized carbons (Fsp3) is 0.333. The van der Waals surface area contributed by atoms with Crippen molar-refractivity contribution in [1.82, 2.24) is 9.97 Å². The predicted octanol–water partition coefficient (Wildman–Crippen LogP) is 2.37. The summed E-state index contributed by atoms with van der Waals surface area (Å²) >= 11 is 0. The summed E-state index contributed by atoms with van der Waals surface area (Å²) in [7, 11) is 1.82. The van der Waals surface area contributed by atoms with Crippen LogP contribution in [-0.2, 0) is 0 Å². The van der Waals surface area contributed by atoms with Crippen LogP contribution in [0.4, 0.5) is 11.6 Å². The van der Waals surface area contributed by atoms with Crippen LogP contribution in [0.15, 0.2) is 36.4 Å². The third-order valence-electron chi connectivity index (χ3n) is 3.08. The van der Waals surface area contributed by atoms with Crippen LogP contribution >= 0.6 is 0 Å². The minimum Gasteiger partial charge on any atom is -0.394 e. The van der Waals surface area contributed by atoms with Gasteiger partial charge in [-0.2, -0.15) is 0 Å². The molecular weight excluding hydrogens is 252 g/mol. The molecule has 1 atom stereocenters. The lowest BCUT2D eigenvalue weighted by molar-refractivity contribution is 0.271. The molecule has 0 aliphatic rings. The molecule has 1 aromatic carbocycles. The molecule has 1 heterocycles. The molecule has 0 aliphatic carbocycles. The highest BCUT2D eigenvalue weighted by atomic mass is 16.3. The molecule has 2 rings (SSSR count). The third kappa shape index (κ3) is 3.45. The average molecular weight is 272 g/mol. The molecule has 0 fully saturated rings. The lowest BCUT2D eigenvalue weighted by atomic mass is 10.2. The number of hydrogen-bond acceptors (Lipinski definition) is 5. The van der Waals surface area contributed by atoms with E-state index in [2.05, 4.69) is 20.6 Å². The summed E-state index contributed by atoms with van der Waals surface area (Å²) in [5, 5.41) is 15.5.